The van der Waals surface area contributed by atoms with Gasteiger partial charge in [0.1, 0.15) is 11.8 Å². The van der Waals surface area contributed by atoms with Crippen molar-refractivity contribution in [1.29, 1.82) is 0 Å². The minimum absolute atomic E-state index is 0.144. The van der Waals surface area contributed by atoms with Crippen molar-refractivity contribution in [2.75, 3.05) is 13.2 Å². The molecule has 1 atom stereocenters. The topological polar surface area (TPSA) is 58.6 Å². The first kappa shape index (κ1) is 27.6. The maximum Gasteiger partial charge on any atom is 0.261 e. The maximum absolute atomic E-state index is 13.6. The summed E-state index contributed by atoms with van der Waals surface area (Å²) in [6.45, 7) is 4.51. The molecule has 0 aromatic heterocycles. The molecule has 0 aliphatic rings. The molecule has 0 spiro atoms. The minimum atomic E-state index is -0.746. The van der Waals surface area contributed by atoms with Crippen LogP contribution in [0.2, 0.25) is 10.0 Å². The average molecular weight is 527 g/mol. The van der Waals surface area contributed by atoms with Crippen LogP contribution in [0.1, 0.15) is 36.5 Å². The predicted octanol–water partition coefficient (Wildman–Crippen LogP) is 6.24. The number of aryl methyl sites for hydroxylation is 1. The molecule has 1 N–H and O–H groups in total. The van der Waals surface area contributed by atoms with Gasteiger partial charge in [0.2, 0.25) is 5.91 Å². The van der Waals surface area contributed by atoms with Crippen LogP contribution >= 0.6 is 23.2 Å². The van der Waals surface area contributed by atoms with Crippen LogP contribution in [0.5, 0.6) is 5.75 Å². The predicted molar refractivity (Wildman–Crippen MR) is 146 cm³/mol. The van der Waals surface area contributed by atoms with Crippen LogP contribution in [-0.2, 0) is 22.6 Å². The van der Waals surface area contributed by atoms with Gasteiger partial charge >= 0.3 is 0 Å². The SMILES string of the molecule is CCCCNC(=O)[C@@H](Cc1ccccc1)N(Cc1ccc(Cl)cc1Cl)C(=O)COc1cccc(C)c1. The average Bonchev–Trinajstić information content (AvgIpc) is 2.86. The standard InChI is InChI=1S/C29H32Cl2N2O3/c1-3-4-15-32-29(35)27(17-22-10-6-5-7-11-22)33(19-23-13-14-24(30)18-26(23)31)28(34)20-36-25-12-8-9-21(2)16-25/h5-14,16,18,27H,3-4,15,17,19-20H2,1-2H3,(H,32,35)/t27-/m1/s1. The van der Waals surface area contributed by atoms with Crippen LogP contribution in [-0.4, -0.2) is 35.9 Å². The molecule has 0 saturated carbocycles. The van der Waals surface area contributed by atoms with Gasteiger partial charge in [-0.1, -0.05) is 85.1 Å². The van der Waals surface area contributed by atoms with E-state index < -0.39 is 6.04 Å². The lowest BCUT2D eigenvalue weighted by atomic mass is 10.0. The summed E-state index contributed by atoms with van der Waals surface area (Å²) in [5, 5.41) is 3.94. The van der Waals surface area contributed by atoms with Gasteiger partial charge in [0.25, 0.3) is 5.91 Å². The first-order valence-electron chi connectivity index (χ1n) is 12.1. The molecule has 7 heteroatoms. The van der Waals surface area contributed by atoms with E-state index in [4.69, 9.17) is 27.9 Å². The van der Waals surface area contributed by atoms with Crippen molar-refractivity contribution in [3.8, 4) is 5.75 Å². The Kier molecular flexibility index (Phi) is 10.6. The van der Waals surface area contributed by atoms with Crippen molar-refractivity contribution >= 4 is 35.0 Å². The molecule has 0 radical (unpaired) electrons. The Morgan fingerprint density at radius 2 is 1.78 bits per heavy atom. The van der Waals surface area contributed by atoms with Gasteiger partial charge in [-0.05, 0) is 54.3 Å². The normalized spacial score (nSPS) is 11.6. The summed E-state index contributed by atoms with van der Waals surface area (Å²) < 4.78 is 5.82. The monoisotopic (exact) mass is 526 g/mol. The Bertz CT molecular complexity index is 1150. The fourth-order valence-electron chi connectivity index (χ4n) is 3.83. The number of rotatable bonds is 12. The highest BCUT2D eigenvalue weighted by Crippen LogP contribution is 2.24. The number of halogens is 2. The van der Waals surface area contributed by atoms with E-state index >= 15 is 0 Å². The Balaban J connectivity index is 1.91. The summed E-state index contributed by atoms with van der Waals surface area (Å²) in [4.78, 5) is 28.6. The summed E-state index contributed by atoms with van der Waals surface area (Å²) in [6, 6.07) is 21.6. The third-order valence-electron chi connectivity index (χ3n) is 5.81. The summed E-state index contributed by atoms with van der Waals surface area (Å²) in [6.07, 6.45) is 2.18. The van der Waals surface area contributed by atoms with Gasteiger partial charge in [-0.3, -0.25) is 9.59 Å². The lowest BCUT2D eigenvalue weighted by Gasteiger charge is -2.31. The number of carbonyl (C=O) groups is 2. The quantitative estimate of drug-likeness (QED) is 0.284. The van der Waals surface area contributed by atoms with Crippen molar-refractivity contribution in [3.63, 3.8) is 0 Å². The summed E-state index contributed by atoms with van der Waals surface area (Å²) in [5.41, 5.74) is 2.68. The lowest BCUT2D eigenvalue weighted by Crippen LogP contribution is -2.51. The molecular weight excluding hydrogens is 495 g/mol. The third-order valence-corrected chi connectivity index (χ3v) is 6.40. The fourth-order valence-corrected chi connectivity index (χ4v) is 4.29. The van der Waals surface area contributed by atoms with Crippen molar-refractivity contribution in [2.24, 2.45) is 0 Å². The van der Waals surface area contributed by atoms with E-state index in [1.165, 1.54) is 0 Å². The number of carbonyl (C=O) groups excluding carboxylic acids is 2. The Morgan fingerprint density at radius 3 is 2.47 bits per heavy atom. The van der Waals surface area contributed by atoms with E-state index in [0.29, 0.717) is 34.3 Å². The van der Waals surface area contributed by atoms with Crippen LogP contribution in [0, 0.1) is 6.92 Å². The number of ether oxygens (including phenoxy) is 1. The van der Waals surface area contributed by atoms with Gasteiger partial charge in [-0.15, -0.1) is 0 Å². The number of nitrogens with one attached hydrogen (secondary N) is 1. The molecule has 0 aliphatic carbocycles. The molecule has 2 amide bonds. The number of nitrogens with zero attached hydrogens (tertiary/aromatic N) is 1. The molecule has 0 fully saturated rings. The molecule has 0 saturated heterocycles. The number of benzene rings is 3. The first-order valence-corrected chi connectivity index (χ1v) is 12.9. The van der Waals surface area contributed by atoms with Crippen molar-refractivity contribution in [2.45, 2.75) is 45.7 Å². The smallest absolute Gasteiger partial charge is 0.261 e. The second-order valence-electron chi connectivity index (χ2n) is 8.71. The summed E-state index contributed by atoms with van der Waals surface area (Å²) >= 11 is 12.5. The van der Waals surface area contributed by atoms with Gasteiger partial charge in [-0.2, -0.15) is 0 Å². The highest BCUT2D eigenvalue weighted by atomic mass is 35.5. The molecule has 0 aliphatic heterocycles. The fraction of sp³-hybridized carbons (Fsp3) is 0.310. The number of unbranched alkanes of at least 4 members (excludes halogenated alkanes) is 1. The summed E-state index contributed by atoms with van der Waals surface area (Å²) in [7, 11) is 0. The van der Waals surface area contributed by atoms with E-state index in [9.17, 15) is 9.59 Å². The first-order chi connectivity index (χ1) is 17.4. The minimum Gasteiger partial charge on any atom is -0.484 e. The van der Waals surface area contributed by atoms with Crippen molar-refractivity contribution < 1.29 is 14.3 Å². The molecule has 0 unspecified atom stereocenters. The molecule has 0 heterocycles. The highest BCUT2D eigenvalue weighted by Gasteiger charge is 2.31. The van der Waals surface area contributed by atoms with Gasteiger partial charge in [-0.25, -0.2) is 0 Å². The zero-order valence-electron chi connectivity index (χ0n) is 20.7. The Labute approximate surface area is 223 Å². The zero-order chi connectivity index (χ0) is 25.9. The number of hydrogen-bond donors (Lipinski definition) is 1. The van der Waals surface area contributed by atoms with Crippen LogP contribution in [0.25, 0.3) is 0 Å². The van der Waals surface area contributed by atoms with Crippen LogP contribution in [0.4, 0.5) is 0 Å². The van der Waals surface area contributed by atoms with Crippen LogP contribution in [0.3, 0.4) is 0 Å². The van der Waals surface area contributed by atoms with Gasteiger partial charge in [0, 0.05) is 29.6 Å². The number of hydrogen-bond acceptors (Lipinski definition) is 3. The second kappa shape index (κ2) is 13.9. The molecule has 190 valence electrons. The Morgan fingerprint density at radius 1 is 1.00 bits per heavy atom. The number of amides is 2. The van der Waals surface area contributed by atoms with E-state index in [0.717, 1.165) is 24.0 Å². The molecule has 3 rings (SSSR count). The summed E-state index contributed by atoms with van der Waals surface area (Å²) in [5.74, 6) is 0.0789. The molecule has 3 aromatic rings. The largest absolute Gasteiger partial charge is 0.484 e. The lowest BCUT2D eigenvalue weighted by molar-refractivity contribution is -0.142. The van der Waals surface area contributed by atoms with Crippen molar-refractivity contribution in [3.05, 3.63) is 99.5 Å². The van der Waals surface area contributed by atoms with E-state index in [1.807, 2.05) is 55.5 Å². The molecule has 36 heavy (non-hydrogen) atoms. The van der Waals surface area contributed by atoms with Gasteiger partial charge in [0.05, 0.1) is 0 Å². The van der Waals surface area contributed by atoms with Crippen LogP contribution < -0.4 is 10.1 Å². The van der Waals surface area contributed by atoms with Gasteiger partial charge in [0.15, 0.2) is 6.61 Å². The van der Waals surface area contributed by atoms with E-state index in [-0.39, 0.29) is 25.0 Å². The second-order valence-corrected chi connectivity index (χ2v) is 9.56. The Hall–Kier alpha value is -3.02. The van der Waals surface area contributed by atoms with E-state index in [2.05, 4.69) is 12.2 Å². The molecule has 0 bridgehead atoms. The van der Waals surface area contributed by atoms with Crippen LogP contribution in [0.15, 0.2) is 72.8 Å². The maximum atomic E-state index is 13.6. The highest BCUT2D eigenvalue weighted by molar-refractivity contribution is 6.35. The zero-order valence-corrected chi connectivity index (χ0v) is 22.2. The molecule has 5 nitrogen and oxygen atoms in total. The van der Waals surface area contributed by atoms with Crippen molar-refractivity contribution in [1.82, 2.24) is 10.2 Å². The van der Waals surface area contributed by atoms with E-state index in [1.54, 1.807) is 29.2 Å². The molecule has 3 aromatic carbocycles. The molecular formula is C29H32Cl2N2O3. The third kappa shape index (κ3) is 8.28. The van der Waals surface area contributed by atoms with Gasteiger partial charge < -0.3 is 15.0 Å².